The molecule has 0 N–H and O–H groups in total. The van der Waals surface area contributed by atoms with Crippen LogP contribution in [-0.2, 0) is 11.3 Å². The van der Waals surface area contributed by atoms with E-state index in [0.717, 1.165) is 0 Å². The van der Waals surface area contributed by atoms with Gasteiger partial charge in [-0.1, -0.05) is 47.5 Å². The summed E-state index contributed by atoms with van der Waals surface area (Å²) < 4.78 is 0. The molecule has 0 aliphatic heterocycles. The van der Waals surface area contributed by atoms with Gasteiger partial charge in [0.2, 0.25) is 5.91 Å². The van der Waals surface area contributed by atoms with Crippen LogP contribution in [0.2, 0.25) is 10.0 Å². The summed E-state index contributed by atoms with van der Waals surface area (Å²) >= 11 is 11.9. The molecule has 0 aliphatic rings. The lowest BCUT2D eigenvalue weighted by Gasteiger charge is -2.15. The summed E-state index contributed by atoms with van der Waals surface area (Å²) in [7, 11) is 1.58. The Balaban J connectivity index is 2.10. The van der Waals surface area contributed by atoms with Crippen LogP contribution >= 0.6 is 23.2 Å². The molecule has 0 saturated carbocycles. The highest BCUT2D eigenvalue weighted by Gasteiger charge is 2.15. The number of nitrogens with zero attached hydrogens (tertiary/aromatic N) is 2. The zero-order valence-corrected chi connectivity index (χ0v) is 14.3. The van der Waals surface area contributed by atoms with Gasteiger partial charge in [0.25, 0.3) is 5.69 Å². The fourth-order valence-electron chi connectivity index (χ4n) is 2.08. The summed E-state index contributed by atoms with van der Waals surface area (Å²) in [6.07, 6.45) is 2.95. The van der Waals surface area contributed by atoms with Crippen LogP contribution in [0.1, 0.15) is 11.1 Å². The van der Waals surface area contributed by atoms with Crippen LogP contribution in [0.4, 0.5) is 5.69 Å². The highest BCUT2D eigenvalue weighted by molar-refractivity contribution is 6.35. The second kappa shape index (κ2) is 7.95. The fraction of sp³-hybridized carbons (Fsp3) is 0.118. The molecule has 2 rings (SSSR count). The molecule has 0 aliphatic carbocycles. The van der Waals surface area contributed by atoms with E-state index < -0.39 is 4.92 Å². The van der Waals surface area contributed by atoms with E-state index >= 15 is 0 Å². The van der Waals surface area contributed by atoms with Crippen molar-refractivity contribution in [2.24, 2.45) is 0 Å². The normalized spacial score (nSPS) is 10.8. The molecule has 5 nitrogen and oxygen atoms in total. The van der Waals surface area contributed by atoms with Crippen LogP contribution in [0.5, 0.6) is 0 Å². The number of likely N-dealkylation sites (N-methyl/N-ethyl adjacent to an activating group) is 1. The van der Waals surface area contributed by atoms with Crippen LogP contribution in [0, 0.1) is 10.1 Å². The van der Waals surface area contributed by atoms with Gasteiger partial charge in [0.05, 0.1) is 11.5 Å². The highest BCUT2D eigenvalue weighted by Crippen LogP contribution is 2.22. The Morgan fingerprint density at radius 3 is 2.62 bits per heavy atom. The lowest BCUT2D eigenvalue weighted by molar-refractivity contribution is -0.385. The second-order valence-corrected chi connectivity index (χ2v) is 5.92. The Labute approximate surface area is 149 Å². The number of hydrogen-bond donors (Lipinski definition) is 0. The minimum absolute atomic E-state index is 0.0122. The second-order valence-electron chi connectivity index (χ2n) is 5.08. The summed E-state index contributed by atoms with van der Waals surface area (Å²) in [4.78, 5) is 24.1. The van der Waals surface area contributed by atoms with Crippen molar-refractivity contribution in [1.29, 1.82) is 0 Å². The number of carbonyl (C=O) groups is 1. The lowest BCUT2D eigenvalue weighted by atomic mass is 10.1. The molecule has 124 valence electrons. The quantitative estimate of drug-likeness (QED) is 0.443. The van der Waals surface area contributed by atoms with Crippen LogP contribution < -0.4 is 0 Å². The SMILES string of the molecule is CN(Cc1ccccc1[N+](=O)[O-])C(=O)/C=C/c1ccc(Cl)cc1Cl. The average molecular weight is 365 g/mol. The Hall–Kier alpha value is -2.37. The van der Waals surface area contributed by atoms with Gasteiger partial charge >= 0.3 is 0 Å². The molecule has 0 unspecified atom stereocenters. The predicted molar refractivity (Wildman–Crippen MR) is 95.1 cm³/mol. The number of halogens is 2. The Morgan fingerprint density at radius 2 is 1.96 bits per heavy atom. The van der Waals surface area contributed by atoms with Crippen molar-refractivity contribution in [3.8, 4) is 0 Å². The van der Waals surface area contributed by atoms with Gasteiger partial charge in [-0.25, -0.2) is 0 Å². The van der Waals surface area contributed by atoms with E-state index in [1.165, 1.54) is 17.0 Å². The van der Waals surface area contributed by atoms with Crippen LogP contribution in [0.25, 0.3) is 6.08 Å². The van der Waals surface area contributed by atoms with E-state index in [2.05, 4.69) is 0 Å². The van der Waals surface area contributed by atoms with Gasteiger partial charge in [0, 0.05) is 34.8 Å². The van der Waals surface area contributed by atoms with Gasteiger partial charge in [-0.2, -0.15) is 0 Å². The van der Waals surface area contributed by atoms with Gasteiger partial charge < -0.3 is 4.90 Å². The molecule has 1 amide bonds. The molecule has 2 aromatic rings. The van der Waals surface area contributed by atoms with Crippen LogP contribution in [-0.4, -0.2) is 22.8 Å². The Kier molecular flexibility index (Phi) is 5.95. The number of para-hydroxylation sites is 1. The third-order valence-electron chi connectivity index (χ3n) is 3.34. The maximum atomic E-state index is 12.2. The van der Waals surface area contributed by atoms with Gasteiger partial charge in [0.1, 0.15) is 0 Å². The van der Waals surface area contributed by atoms with Gasteiger partial charge in [0.15, 0.2) is 0 Å². The van der Waals surface area contributed by atoms with Crippen LogP contribution in [0.3, 0.4) is 0 Å². The number of carbonyl (C=O) groups excluding carboxylic acids is 1. The third kappa shape index (κ3) is 4.57. The van der Waals surface area contributed by atoms with E-state index in [1.807, 2.05) is 0 Å². The number of benzene rings is 2. The first kappa shape index (κ1) is 18.0. The first-order chi connectivity index (χ1) is 11.4. The first-order valence-corrected chi connectivity index (χ1v) is 7.74. The molecule has 0 aromatic heterocycles. The Bertz CT molecular complexity index is 806. The molecule has 0 fully saturated rings. The fourth-order valence-corrected chi connectivity index (χ4v) is 2.55. The smallest absolute Gasteiger partial charge is 0.274 e. The largest absolute Gasteiger partial charge is 0.338 e. The van der Waals surface area contributed by atoms with Crippen molar-refractivity contribution in [1.82, 2.24) is 4.90 Å². The number of nitro benzene ring substituents is 1. The predicted octanol–water partition coefficient (Wildman–Crippen LogP) is 4.57. The molecule has 2 aromatic carbocycles. The van der Waals surface area contributed by atoms with E-state index in [4.69, 9.17) is 23.2 Å². The Morgan fingerprint density at radius 1 is 1.25 bits per heavy atom. The van der Waals surface area contributed by atoms with Crippen LogP contribution in [0.15, 0.2) is 48.5 Å². The van der Waals surface area contributed by atoms with Crippen molar-refractivity contribution >= 4 is 40.9 Å². The molecule has 0 radical (unpaired) electrons. The minimum atomic E-state index is -0.461. The van der Waals surface area contributed by atoms with E-state index in [0.29, 0.717) is 21.2 Å². The lowest BCUT2D eigenvalue weighted by Crippen LogP contribution is -2.24. The molecule has 24 heavy (non-hydrogen) atoms. The monoisotopic (exact) mass is 364 g/mol. The molecule has 0 spiro atoms. The highest BCUT2D eigenvalue weighted by atomic mass is 35.5. The molecule has 0 saturated heterocycles. The molecular weight excluding hydrogens is 351 g/mol. The number of hydrogen-bond acceptors (Lipinski definition) is 3. The maximum absolute atomic E-state index is 12.2. The summed E-state index contributed by atoms with van der Waals surface area (Å²) in [5, 5.41) is 12.0. The van der Waals surface area contributed by atoms with Crippen molar-refractivity contribution in [3.05, 3.63) is 79.8 Å². The van der Waals surface area contributed by atoms with Gasteiger partial charge in [-0.15, -0.1) is 0 Å². The topological polar surface area (TPSA) is 63.4 Å². The number of amides is 1. The van der Waals surface area contributed by atoms with Gasteiger partial charge in [-0.3, -0.25) is 14.9 Å². The molecule has 0 heterocycles. The van der Waals surface area contributed by atoms with Crippen molar-refractivity contribution in [2.45, 2.75) is 6.54 Å². The summed E-state index contributed by atoms with van der Waals surface area (Å²) in [6, 6.07) is 11.3. The zero-order chi connectivity index (χ0) is 17.7. The summed E-state index contributed by atoms with van der Waals surface area (Å²) in [6.45, 7) is 0.134. The van der Waals surface area contributed by atoms with E-state index in [-0.39, 0.29) is 18.1 Å². The summed E-state index contributed by atoms with van der Waals surface area (Å²) in [5.41, 5.74) is 1.12. The molecule has 0 bridgehead atoms. The molecular formula is C17H14Cl2N2O3. The number of nitro groups is 1. The van der Waals surface area contributed by atoms with Gasteiger partial charge in [-0.05, 0) is 23.8 Å². The maximum Gasteiger partial charge on any atom is 0.274 e. The minimum Gasteiger partial charge on any atom is -0.338 e. The van der Waals surface area contributed by atoms with E-state index in [1.54, 1.807) is 49.5 Å². The zero-order valence-electron chi connectivity index (χ0n) is 12.8. The first-order valence-electron chi connectivity index (χ1n) is 6.99. The average Bonchev–Trinajstić information content (AvgIpc) is 2.54. The third-order valence-corrected chi connectivity index (χ3v) is 3.90. The standard InChI is InChI=1S/C17H14Cl2N2O3/c1-20(11-13-4-2-3-5-16(13)21(23)24)17(22)9-7-12-6-8-14(18)10-15(12)19/h2-10H,11H2,1H3/b9-7+. The van der Waals surface area contributed by atoms with Crippen molar-refractivity contribution in [2.75, 3.05) is 7.05 Å². The van der Waals surface area contributed by atoms with Crippen molar-refractivity contribution < 1.29 is 9.72 Å². The molecule has 0 atom stereocenters. The van der Waals surface area contributed by atoms with Crippen molar-refractivity contribution in [3.63, 3.8) is 0 Å². The molecule has 7 heteroatoms. The summed E-state index contributed by atoms with van der Waals surface area (Å²) in [5.74, 6) is -0.292. The number of rotatable bonds is 5. The van der Waals surface area contributed by atoms with E-state index in [9.17, 15) is 14.9 Å².